The molecule has 0 saturated carbocycles. The normalized spacial score (nSPS) is 31.7. The maximum absolute atomic E-state index is 9.71. The van der Waals surface area contributed by atoms with Crippen molar-refractivity contribution in [3.05, 3.63) is 11.1 Å². The van der Waals surface area contributed by atoms with Crippen LogP contribution in [0.25, 0.3) is 0 Å². The van der Waals surface area contributed by atoms with E-state index in [0.717, 1.165) is 25.7 Å². The average Bonchev–Trinajstić information content (AvgIpc) is 2.27. The molecule has 0 saturated heterocycles. The Morgan fingerprint density at radius 1 is 1.07 bits per heavy atom. The second kappa shape index (κ2) is 5.52. The van der Waals surface area contributed by atoms with Crippen molar-refractivity contribution in [1.29, 1.82) is 0 Å². The summed E-state index contributed by atoms with van der Waals surface area (Å²) in [6, 6.07) is 0.253. The van der Waals surface area contributed by atoms with E-state index in [1.807, 2.05) is 13.8 Å². The lowest BCUT2D eigenvalue weighted by Crippen LogP contribution is -2.34. The lowest BCUT2D eigenvalue weighted by atomic mass is 9.78. The van der Waals surface area contributed by atoms with Crippen LogP contribution >= 0.6 is 0 Å². The van der Waals surface area contributed by atoms with Gasteiger partial charge in [-0.1, -0.05) is 19.4 Å². The minimum atomic E-state index is -0.167. The number of rotatable bonds is 0. The first-order valence-corrected chi connectivity index (χ1v) is 5.94. The fourth-order valence-electron chi connectivity index (χ4n) is 2.44. The van der Waals surface area contributed by atoms with Gasteiger partial charge >= 0.3 is 0 Å². The van der Waals surface area contributed by atoms with Crippen LogP contribution in [0, 0.1) is 0 Å². The molecule has 82 valence electrons. The van der Waals surface area contributed by atoms with E-state index in [-0.39, 0.29) is 12.1 Å². The zero-order valence-corrected chi connectivity index (χ0v) is 9.42. The van der Waals surface area contributed by atoms with Gasteiger partial charge in [0.05, 0.1) is 6.10 Å². The Bertz CT molecular complexity index is 188. The van der Waals surface area contributed by atoms with Crippen LogP contribution in [0.4, 0.5) is 0 Å². The Hall–Kier alpha value is -0.340. The Balaban J connectivity index is 0.000000461. The fraction of sp³-hybridized carbons (Fsp3) is 0.833. The number of hydrogen-bond acceptors (Lipinski definition) is 2. The van der Waals surface area contributed by atoms with Crippen LogP contribution in [0.1, 0.15) is 52.4 Å². The number of aliphatic hydroxyl groups excluding tert-OH is 1. The topological polar surface area (TPSA) is 46.2 Å². The fourth-order valence-corrected chi connectivity index (χ4v) is 2.44. The van der Waals surface area contributed by atoms with Gasteiger partial charge in [-0.15, -0.1) is 0 Å². The molecule has 0 spiro atoms. The SMILES string of the molecule is CC.NC1CCC(O)C2=C1CCCC2. The second-order valence-electron chi connectivity index (χ2n) is 3.96. The summed E-state index contributed by atoms with van der Waals surface area (Å²) in [5, 5.41) is 9.71. The maximum Gasteiger partial charge on any atom is 0.0754 e. The summed E-state index contributed by atoms with van der Waals surface area (Å²) in [5.74, 6) is 0. The first-order chi connectivity index (χ1) is 6.79. The van der Waals surface area contributed by atoms with E-state index < -0.39 is 0 Å². The standard InChI is InChI=1S/C10H17NO.C2H6/c11-9-5-6-10(12)8-4-2-1-3-7(8)9;1-2/h9-10,12H,1-6,11H2;1-2H3. The van der Waals surface area contributed by atoms with Gasteiger partial charge in [-0.3, -0.25) is 0 Å². The molecule has 3 N–H and O–H groups in total. The summed E-state index contributed by atoms with van der Waals surface area (Å²) in [5.41, 5.74) is 8.64. The van der Waals surface area contributed by atoms with Crippen LogP contribution in [0.15, 0.2) is 11.1 Å². The summed E-state index contributed by atoms with van der Waals surface area (Å²) in [6.07, 6.45) is 6.40. The van der Waals surface area contributed by atoms with E-state index >= 15 is 0 Å². The molecule has 0 aliphatic heterocycles. The van der Waals surface area contributed by atoms with Crippen molar-refractivity contribution in [2.24, 2.45) is 5.73 Å². The van der Waals surface area contributed by atoms with E-state index in [0.29, 0.717) is 0 Å². The van der Waals surface area contributed by atoms with Crippen LogP contribution in [0.3, 0.4) is 0 Å². The predicted molar refractivity (Wildman–Crippen MR) is 60.1 cm³/mol. The highest BCUT2D eigenvalue weighted by Gasteiger charge is 2.27. The summed E-state index contributed by atoms with van der Waals surface area (Å²) in [4.78, 5) is 0. The molecule has 2 aliphatic carbocycles. The second-order valence-corrected chi connectivity index (χ2v) is 3.96. The van der Waals surface area contributed by atoms with Gasteiger partial charge < -0.3 is 10.8 Å². The van der Waals surface area contributed by atoms with Crippen LogP contribution in [0.2, 0.25) is 0 Å². The molecule has 0 aromatic carbocycles. The van der Waals surface area contributed by atoms with Crippen molar-refractivity contribution >= 4 is 0 Å². The number of nitrogens with two attached hydrogens (primary N) is 1. The third-order valence-electron chi connectivity index (χ3n) is 3.16. The first kappa shape index (κ1) is 11.7. The van der Waals surface area contributed by atoms with Crippen molar-refractivity contribution in [3.63, 3.8) is 0 Å². The molecular formula is C12H23NO. The molecule has 2 aliphatic rings. The molecule has 0 radical (unpaired) electrons. The van der Waals surface area contributed by atoms with Crippen molar-refractivity contribution in [3.8, 4) is 0 Å². The van der Waals surface area contributed by atoms with Crippen molar-refractivity contribution < 1.29 is 5.11 Å². The molecule has 2 rings (SSSR count). The van der Waals surface area contributed by atoms with Gasteiger partial charge in [-0.25, -0.2) is 0 Å². The Kier molecular flexibility index (Phi) is 4.63. The highest BCUT2D eigenvalue weighted by Crippen LogP contribution is 2.34. The molecule has 0 aromatic heterocycles. The van der Waals surface area contributed by atoms with Crippen molar-refractivity contribution in [2.45, 2.75) is 64.5 Å². The van der Waals surface area contributed by atoms with Gasteiger partial charge in [0.15, 0.2) is 0 Å². The molecule has 2 unspecified atom stereocenters. The van der Waals surface area contributed by atoms with Crippen molar-refractivity contribution in [1.82, 2.24) is 0 Å². The molecule has 2 nitrogen and oxygen atoms in total. The van der Waals surface area contributed by atoms with Crippen LogP contribution in [-0.4, -0.2) is 17.3 Å². The van der Waals surface area contributed by atoms with E-state index in [1.165, 1.54) is 24.0 Å². The Labute approximate surface area is 87.2 Å². The Morgan fingerprint density at radius 2 is 1.64 bits per heavy atom. The molecule has 2 heteroatoms. The Morgan fingerprint density at radius 3 is 2.21 bits per heavy atom. The van der Waals surface area contributed by atoms with Gasteiger partial charge in [0.25, 0.3) is 0 Å². The summed E-state index contributed by atoms with van der Waals surface area (Å²) in [6.45, 7) is 4.00. The molecule has 2 atom stereocenters. The maximum atomic E-state index is 9.71. The van der Waals surface area contributed by atoms with Gasteiger partial charge in [-0.05, 0) is 44.1 Å². The first-order valence-electron chi connectivity index (χ1n) is 5.94. The lowest BCUT2D eigenvalue weighted by molar-refractivity contribution is 0.176. The van der Waals surface area contributed by atoms with E-state index in [2.05, 4.69) is 0 Å². The largest absolute Gasteiger partial charge is 0.389 e. The van der Waals surface area contributed by atoms with Crippen LogP contribution < -0.4 is 5.73 Å². The molecular weight excluding hydrogens is 174 g/mol. The molecule has 0 fully saturated rings. The smallest absolute Gasteiger partial charge is 0.0754 e. The summed E-state index contributed by atoms with van der Waals surface area (Å²) in [7, 11) is 0. The number of aliphatic hydroxyl groups is 1. The van der Waals surface area contributed by atoms with Crippen LogP contribution in [-0.2, 0) is 0 Å². The lowest BCUT2D eigenvalue weighted by Gasteiger charge is -2.32. The van der Waals surface area contributed by atoms with Gasteiger partial charge in [0.2, 0.25) is 0 Å². The zero-order valence-electron chi connectivity index (χ0n) is 9.42. The van der Waals surface area contributed by atoms with Gasteiger partial charge in [0, 0.05) is 6.04 Å². The van der Waals surface area contributed by atoms with Crippen molar-refractivity contribution in [2.75, 3.05) is 0 Å². The monoisotopic (exact) mass is 197 g/mol. The third-order valence-corrected chi connectivity index (χ3v) is 3.16. The minimum absolute atomic E-state index is 0.167. The average molecular weight is 197 g/mol. The van der Waals surface area contributed by atoms with E-state index in [1.54, 1.807) is 0 Å². The molecule has 14 heavy (non-hydrogen) atoms. The predicted octanol–water partition coefficient (Wildman–Crippen LogP) is 2.37. The minimum Gasteiger partial charge on any atom is -0.389 e. The molecule has 0 aromatic rings. The van der Waals surface area contributed by atoms with Crippen LogP contribution in [0.5, 0.6) is 0 Å². The summed E-state index contributed by atoms with van der Waals surface area (Å²) < 4.78 is 0. The quantitative estimate of drug-likeness (QED) is 0.586. The van der Waals surface area contributed by atoms with E-state index in [9.17, 15) is 5.11 Å². The zero-order chi connectivity index (χ0) is 10.6. The number of hydrogen-bond donors (Lipinski definition) is 2. The molecule has 0 bridgehead atoms. The van der Waals surface area contributed by atoms with Gasteiger partial charge in [-0.2, -0.15) is 0 Å². The summed E-state index contributed by atoms with van der Waals surface area (Å²) >= 11 is 0. The molecule has 0 heterocycles. The molecule has 0 amide bonds. The van der Waals surface area contributed by atoms with Gasteiger partial charge in [0.1, 0.15) is 0 Å². The third kappa shape index (κ3) is 2.37. The highest BCUT2D eigenvalue weighted by atomic mass is 16.3. The van der Waals surface area contributed by atoms with E-state index in [4.69, 9.17) is 5.73 Å². The highest BCUT2D eigenvalue weighted by molar-refractivity contribution is 5.27.